The van der Waals surface area contributed by atoms with Crippen LogP contribution in [0.1, 0.15) is 33.6 Å². The number of hydrogen-bond acceptors (Lipinski definition) is 4. The predicted octanol–water partition coefficient (Wildman–Crippen LogP) is 2.06. The van der Waals surface area contributed by atoms with E-state index in [-0.39, 0.29) is 12.0 Å². The maximum absolute atomic E-state index is 11.4. The van der Waals surface area contributed by atoms with E-state index in [1.54, 1.807) is 0 Å². The minimum absolute atomic E-state index is 0.138. The number of carbonyl (C=O) groups excluding carboxylic acids is 1. The number of nitrogens with one attached hydrogen (secondary N) is 1. The van der Waals surface area contributed by atoms with E-state index in [4.69, 9.17) is 4.74 Å². The molecule has 1 N–H and O–H groups in total. The monoisotopic (exact) mass is 233 g/mol. The van der Waals surface area contributed by atoms with Gasteiger partial charge in [-0.05, 0) is 30.4 Å². The van der Waals surface area contributed by atoms with E-state index in [0.29, 0.717) is 5.25 Å². The molecule has 0 bridgehead atoms. The van der Waals surface area contributed by atoms with Crippen LogP contribution in [0.25, 0.3) is 0 Å². The summed E-state index contributed by atoms with van der Waals surface area (Å²) in [5, 5.41) is 3.83. The van der Waals surface area contributed by atoms with Gasteiger partial charge in [0.15, 0.2) is 0 Å². The zero-order valence-corrected chi connectivity index (χ0v) is 11.0. The maximum atomic E-state index is 11.4. The highest BCUT2D eigenvalue weighted by Gasteiger charge is 2.17. The van der Waals surface area contributed by atoms with Gasteiger partial charge in [-0.3, -0.25) is 4.79 Å². The van der Waals surface area contributed by atoms with Gasteiger partial charge >= 0.3 is 5.97 Å². The zero-order chi connectivity index (χ0) is 11.7. The van der Waals surface area contributed by atoms with Crippen LogP contribution < -0.4 is 5.32 Å². The molecule has 0 aliphatic rings. The molecule has 1 atom stereocenters. The van der Waals surface area contributed by atoms with Crippen molar-refractivity contribution < 1.29 is 9.53 Å². The van der Waals surface area contributed by atoms with Gasteiger partial charge in [0.1, 0.15) is 6.04 Å². The lowest BCUT2D eigenvalue weighted by molar-refractivity contribution is -0.143. The second-order valence-corrected chi connectivity index (χ2v) is 5.42. The summed E-state index contributed by atoms with van der Waals surface area (Å²) in [6.45, 7) is 7.28. The highest BCUT2D eigenvalue weighted by molar-refractivity contribution is 7.99. The van der Waals surface area contributed by atoms with E-state index >= 15 is 0 Å². The van der Waals surface area contributed by atoms with Crippen LogP contribution in [0, 0.1) is 0 Å². The van der Waals surface area contributed by atoms with Crippen LogP contribution in [0.4, 0.5) is 0 Å². The summed E-state index contributed by atoms with van der Waals surface area (Å²) in [4.78, 5) is 11.4. The number of ether oxygens (including phenoxy) is 1. The molecule has 0 saturated carbocycles. The van der Waals surface area contributed by atoms with Crippen molar-refractivity contribution in [2.45, 2.75) is 44.9 Å². The first kappa shape index (κ1) is 14.8. The topological polar surface area (TPSA) is 38.3 Å². The average Bonchev–Trinajstić information content (AvgIpc) is 2.21. The van der Waals surface area contributed by atoms with Crippen LogP contribution >= 0.6 is 11.8 Å². The second kappa shape index (κ2) is 9.04. The highest BCUT2D eigenvalue weighted by Crippen LogP contribution is 2.12. The predicted molar refractivity (Wildman–Crippen MR) is 66.3 cm³/mol. The van der Waals surface area contributed by atoms with Crippen molar-refractivity contribution in [3.05, 3.63) is 0 Å². The molecule has 0 aromatic carbocycles. The molecule has 0 saturated heterocycles. The molecule has 15 heavy (non-hydrogen) atoms. The minimum Gasteiger partial charge on any atom is -0.468 e. The van der Waals surface area contributed by atoms with E-state index in [9.17, 15) is 4.79 Å². The average molecular weight is 233 g/mol. The van der Waals surface area contributed by atoms with Gasteiger partial charge in [-0.2, -0.15) is 11.8 Å². The third-order valence-electron chi connectivity index (χ3n) is 1.98. The van der Waals surface area contributed by atoms with Gasteiger partial charge in [-0.15, -0.1) is 0 Å². The molecule has 0 aromatic heterocycles. The zero-order valence-electron chi connectivity index (χ0n) is 10.2. The fourth-order valence-corrected chi connectivity index (χ4v) is 2.03. The molecular formula is C11H23NO2S. The van der Waals surface area contributed by atoms with Crippen molar-refractivity contribution >= 4 is 17.7 Å². The van der Waals surface area contributed by atoms with Crippen molar-refractivity contribution in [3.8, 4) is 0 Å². The third kappa shape index (κ3) is 7.68. The highest BCUT2D eigenvalue weighted by atomic mass is 32.2. The molecule has 1 unspecified atom stereocenters. The number of thioether (sulfide) groups is 1. The molecule has 90 valence electrons. The van der Waals surface area contributed by atoms with E-state index in [1.807, 2.05) is 11.8 Å². The molecule has 0 radical (unpaired) electrons. The fourth-order valence-electron chi connectivity index (χ4n) is 1.19. The lowest BCUT2D eigenvalue weighted by Gasteiger charge is -2.16. The molecule has 0 aliphatic carbocycles. The van der Waals surface area contributed by atoms with Crippen LogP contribution in [0.5, 0.6) is 0 Å². The Bertz CT molecular complexity index is 174. The smallest absolute Gasteiger partial charge is 0.322 e. The van der Waals surface area contributed by atoms with Gasteiger partial charge in [0.05, 0.1) is 7.11 Å². The summed E-state index contributed by atoms with van der Waals surface area (Å²) in [5.41, 5.74) is 0. The molecule has 0 spiro atoms. The molecule has 4 heteroatoms. The number of hydrogen-bond donors (Lipinski definition) is 1. The molecular weight excluding hydrogens is 210 g/mol. The lowest BCUT2D eigenvalue weighted by Crippen LogP contribution is -2.38. The molecule has 0 heterocycles. The third-order valence-corrected chi connectivity index (χ3v) is 3.12. The largest absolute Gasteiger partial charge is 0.468 e. The van der Waals surface area contributed by atoms with E-state index in [2.05, 4.69) is 26.1 Å². The van der Waals surface area contributed by atoms with Crippen LogP contribution in [0.15, 0.2) is 0 Å². The fraction of sp³-hybridized carbons (Fsp3) is 0.909. The Hall–Kier alpha value is -0.220. The summed E-state index contributed by atoms with van der Waals surface area (Å²) >= 11 is 1.87. The number of esters is 1. The quantitative estimate of drug-likeness (QED) is 0.651. The van der Waals surface area contributed by atoms with Crippen molar-refractivity contribution in [2.75, 3.05) is 19.4 Å². The number of methoxy groups -OCH3 is 1. The first-order valence-electron chi connectivity index (χ1n) is 5.54. The minimum atomic E-state index is -0.146. The van der Waals surface area contributed by atoms with Crippen LogP contribution in [-0.2, 0) is 9.53 Å². The first-order valence-corrected chi connectivity index (χ1v) is 6.59. The summed E-state index contributed by atoms with van der Waals surface area (Å²) in [7, 11) is 1.44. The van der Waals surface area contributed by atoms with E-state index in [1.165, 1.54) is 7.11 Å². The molecule has 3 nitrogen and oxygen atoms in total. The Kier molecular flexibility index (Phi) is 8.91. The first-order chi connectivity index (χ1) is 7.11. The Morgan fingerprint density at radius 3 is 2.60 bits per heavy atom. The molecule has 0 rings (SSSR count). The van der Waals surface area contributed by atoms with E-state index < -0.39 is 0 Å². The molecule has 0 aromatic rings. The van der Waals surface area contributed by atoms with Gasteiger partial charge in [0.2, 0.25) is 0 Å². The van der Waals surface area contributed by atoms with Crippen molar-refractivity contribution in [2.24, 2.45) is 0 Å². The summed E-state index contributed by atoms with van der Waals surface area (Å²) in [6.07, 6.45) is 1.88. The number of rotatable bonds is 8. The Morgan fingerprint density at radius 1 is 1.47 bits per heavy atom. The van der Waals surface area contributed by atoms with Gasteiger partial charge in [0, 0.05) is 0 Å². The number of carbonyl (C=O) groups is 1. The van der Waals surface area contributed by atoms with Crippen molar-refractivity contribution in [3.63, 3.8) is 0 Å². The van der Waals surface area contributed by atoms with Gasteiger partial charge in [-0.25, -0.2) is 0 Å². The normalized spacial score (nSPS) is 12.9. The van der Waals surface area contributed by atoms with Crippen molar-refractivity contribution in [1.82, 2.24) is 5.32 Å². The van der Waals surface area contributed by atoms with Gasteiger partial charge in [0.25, 0.3) is 0 Å². The molecule has 0 aliphatic heterocycles. The maximum Gasteiger partial charge on any atom is 0.322 e. The van der Waals surface area contributed by atoms with Crippen LogP contribution in [0.2, 0.25) is 0 Å². The second-order valence-electron chi connectivity index (χ2n) is 3.74. The SMILES string of the molecule is CCCNC(CCSC(C)C)C(=O)OC. The summed E-state index contributed by atoms with van der Waals surface area (Å²) in [5.74, 6) is 0.849. The summed E-state index contributed by atoms with van der Waals surface area (Å²) in [6, 6.07) is -0.138. The standard InChI is InChI=1S/C11H23NO2S/c1-5-7-12-10(11(13)14-4)6-8-15-9(2)3/h9-10,12H,5-8H2,1-4H3. The van der Waals surface area contributed by atoms with Gasteiger partial charge < -0.3 is 10.1 Å². The van der Waals surface area contributed by atoms with Crippen LogP contribution in [0.3, 0.4) is 0 Å². The van der Waals surface area contributed by atoms with E-state index in [0.717, 1.165) is 25.1 Å². The Balaban J connectivity index is 3.84. The molecule has 0 fully saturated rings. The Labute approximate surface area is 97.3 Å². The van der Waals surface area contributed by atoms with Crippen LogP contribution in [-0.4, -0.2) is 36.7 Å². The van der Waals surface area contributed by atoms with Crippen molar-refractivity contribution in [1.29, 1.82) is 0 Å². The molecule has 0 amide bonds. The summed E-state index contributed by atoms with van der Waals surface area (Å²) < 4.78 is 4.76. The Morgan fingerprint density at radius 2 is 2.13 bits per heavy atom. The lowest BCUT2D eigenvalue weighted by atomic mass is 10.2. The van der Waals surface area contributed by atoms with Gasteiger partial charge in [-0.1, -0.05) is 20.8 Å².